The predicted octanol–water partition coefficient (Wildman–Crippen LogP) is -0.218. The summed E-state index contributed by atoms with van der Waals surface area (Å²) < 4.78 is 10.8. The number of ether oxygens (including phenoxy) is 2. The number of hydrogen-bond acceptors (Lipinski definition) is 4. The maximum absolute atomic E-state index is 9.01. The zero-order chi connectivity index (χ0) is 11.4. The first kappa shape index (κ1) is 11.5. The van der Waals surface area contributed by atoms with Gasteiger partial charge >= 0.3 is 7.12 Å². The van der Waals surface area contributed by atoms with Gasteiger partial charge in [-0.2, -0.15) is 0 Å². The lowest BCUT2D eigenvalue weighted by Gasteiger charge is -2.11. The molecule has 1 fully saturated rings. The summed E-state index contributed by atoms with van der Waals surface area (Å²) in [6.45, 7) is 2.18. The fourth-order valence-corrected chi connectivity index (χ4v) is 1.69. The molecule has 1 aliphatic rings. The van der Waals surface area contributed by atoms with Crippen molar-refractivity contribution in [3.8, 4) is 5.75 Å². The van der Waals surface area contributed by atoms with Gasteiger partial charge in [-0.05, 0) is 24.0 Å². The summed E-state index contributed by atoms with van der Waals surface area (Å²) in [6, 6.07) is 6.84. The zero-order valence-corrected chi connectivity index (χ0v) is 9.00. The van der Waals surface area contributed by atoms with Crippen LogP contribution in [0.2, 0.25) is 0 Å². The molecule has 0 radical (unpaired) electrons. The summed E-state index contributed by atoms with van der Waals surface area (Å²) in [5.74, 6) is 1.11. The summed E-state index contributed by atoms with van der Waals surface area (Å²) >= 11 is 0. The maximum atomic E-state index is 9.01. The van der Waals surface area contributed by atoms with Crippen LogP contribution in [0, 0.1) is 5.92 Å². The van der Waals surface area contributed by atoms with Gasteiger partial charge < -0.3 is 19.5 Å². The van der Waals surface area contributed by atoms with Crippen LogP contribution >= 0.6 is 0 Å². The normalized spacial score (nSPS) is 19.8. The van der Waals surface area contributed by atoms with Gasteiger partial charge in [0, 0.05) is 12.5 Å². The molecule has 0 amide bonds. The van der Waals surface area contributed by atoms with Crippen molar-refractivity contribution in [2.24, 2.45) is 5.92 Å². The summed E-state index contributed by atoms with van der Waals surface area (Å²) in [7, 11) is -1.45. The van der Waals surface area contributed by atoms with Crippen molar-refractivity contribution in [3.05, 3.63) is 24.3 Å². The van der Waals surface area contributed by atoms with Crippen molar-refractivity contribution in [1.29, 1.82) is 0 Å². The van der Waals surface area contributed by atoms with Gasteiger partial charge in [0.25, 0.3) is 0 Å². The van der Waals surface area contributed by atoms with E-state index in [0.717, 1.165) is 19.6 Å². The van der Waals surface area contributed by atoms with Crippen LogP contribution in [0.25, 0.3) is 0 Å². The Morgan fingerprint density at radius 3 is 3.00 bits per heavy atom. The number of rotatable bonds is 4. The van der Waals surface area contributed by atoms with Crippen molar-refractivity contribution in [1.82, 2.24) is 0 Å². The van der Waals surface area contributed by atoms with Crippen LogP contribution in [0.4, 0.5) is 0 Å². The molecule has 2 rings (SSSR count). The molecule has 1 aromatic carbocycles. The van der Waals surface area contributed by atoms with E-state index in [9.17, 15) is 0 Å². The molecule has 5 heteroatoms. The molecule has 4 nitrogen and oxygen atoms in total. The van der Waals surface area contributed by atoms with E-state index in [1.165, 1.54) is 0 Å². The molecule has 2 N–H and O–H groups in total. The third-order valence-electron chi connectivity index (χ3n) is 2.67. The fraction of sp³-hybridized carbons (Fsp3) is 0.455. The van der Waals surface area contributed by atoms with Crippen LogP contribution in [0.3, 0.4) is 0 Å². The first-order chi connectivity index (χ1) is 7.75. The van der Waals surface area contributed by atoms with Gasteiger partial charge in [0.2, 0.25) is 0 Å². The van der Waals surface area contributed by atoms with Gasteiger partial charge in [-0.15, -0.1) is 0 Å². The monoisotopic (exact) mass is 222 g/mol. The largest absolute Gasteiger partial charge is 0.493 e. The molecule has 1 aliphatic heterocycles. The Morgan fingerprint density at radius 2 is 2.31 bits per heavy atom. The topological polar surface area (TPSA) is 58.9 Å². The molecule has 1 aromatic rings. The highest BCUT2D eigenvalue weighted by Crippen LogP contribution is 2.15. The second-order valence-electron chi connectivity index (χ2n) is 3.99. The lowest BCUT2D eigenvalue weighted by Crippen LogP contribution is -2.29. The Morgan fingerprint density at radius 1 is 1.44 bits per heavy atom. The highest BCUT2D eigenvalue weighted by molar-refractivity contribution is 6.58. The summed E-state index contributed by atoms with van der Waals surface area (Å²) in [4.78, 5) is 0. The van der Waals surface area contributed by atoms with E-state index < -0.39 is 7.12 Å². The lowest BCUT2D eigenvalue weighted by atomic mass is 9.80. The van der Waals surface area contributed by atoms with E-state index in [2.05, 4.69) is 0 Å². The summed E-state index contributed by atoms with van der Waals surface area (Å²) in [6.07, 6.45) is 1.03. The molecule has 0 spiro atoms. The van der Waals surface area contributed by atoms with Gasteiger partial charge in [-0.25, -0.2) is 0 Å². The average Bonchev–Trinajstić information content (AvgIpc) is 2.79. The Bertz CT molecular complexity index is 337. The third-order valence-corrected chi connectivity index (χ3v) is 2.67. The Balaban J connectivity index is 1.90. The van der Waals surface area contributed by atoms with E-state index in [1.54, 1.807) is 18.2 Å². The minimum atomic E-state index is -1.45. The highest BCUT2D eigenvalue weighted by Gasteiger charge is 2.16. The summed E-state index contributed by atoms with van der Waals surface area (Å²) in [5, 5.41) is 18.0. The minimum Gasteiger partial charge on any atom is -0.493 e. The first-order valence-electron chi connectivity index (χ1n) is 5.42. The van der Waals surface area contributed by atoms with Crippen LogP contribution in [-0.4, -0.2) is 37.0 Å². The van der Waals surface area contributed by atoms with Gasteiger partial charge in [-0.3, -0.25) is 0 Å². The number of hydrogen-bond donors (Lipinski definition) is 2. The fourth-order valence-electron chi connectivity index (χ4n) is 1.69. The van der Waals surface area contributed by atoms with Gasteiger partial charge in [-0.1, -0.05) is 12.1 Å². The van der Waals surface area contributed by atoms with Crippen molar-refractivity contribution >= 4 is 12.6 Å². The maximum Gasteiger partial charge on any atom is 0.488 e. The van der Waals surface area contributed by atoms with E-state index in [4.69, 9.17) is 19.5 Å². The molecule has 86 valence electrons. The predicted molar refractivity (Wildman–Crippen MR) is 60.7 cm³/mol. The van der Waals surface area contributed by atoms with Gasteiger partial charge in [0.1, 0.15) is 5.75 Å². The molecule has 1 atom stereocenters. The van der Waals surface area contributed by atoms with Crippen LogP contribution in [0.1, 0.15) is 6.42 Å². The van der Waals surface area contributed by atoms with Crippen molar-refractivity contribution in [3.63, 3.8) is 0 Å². The molecule has 1 unspecified atom stereocenters. The van der Waals surface area contributed by atoms with Crippen LogP contribution in [0.5, 0.6) is 5.75 Å². The molecular weight excluding hydrogens is 207 g/mol. The average molecular weight is 222 g/mol. The molecule has 0 aliphatic carbocycles. The van der Waals surface area contributed by atoms with Crippen molar-refractivity contribution in [2.45, 2.75) is 6.42 Å². The third kappa shape index (κ3) is 2.98. The Hall–Kier alpha value is -1.04. The van der Waals surface area contributed by atoms with E-state index in [-0.39, 0.29) is 0 Å². The minimum absolute atomic E-state index is 0.445. The Labute approximate surface area is 95.0 Å². The summed E-state index contributed by atoms with van der Waals surface area (Å²) in [5.41, 5.74) is 0.445. The van der Waals surface area contributed by atoms with Gasteiger partial charge in [0.15, 0.2) is 0 Å². The van der Waals surface area contributed by atoms with Gasteiger partial charge in [0.05, 0.1) is 13.2 Å². The SMILES string of the molecule is OB(O)c1cccc(OCC2CCOC2)c1. The lowest BCUT2D eigenvalue weighted by molar-refractivity contribution is 0.167. The molecule has 1 heterocycles. The second-order valence-corrected chi connectivity index (χ2v) is 3.99. The molecule has 0 saturated carbocycles. The molecule has 16 heavy (non-hydrogen) atoms. The van der Waals surface area contributed by atoms with E-state index in [0.29, 0.717) is 23.7 Å². The zero-order valence-electron chi connectivity index (χ0n) is 9.00. The molecule has 1 saturated heterocycles. The standard InChI is InChI=1S/C11H15BO4/c13-12(14)10-2-1-3-11(6-10)16-8-9-4-5-15-7-9/h1-3,6,9,13-14H,4-5,7-8H2. The van der Waals surface area contributed by atoms with E-state index in [1.807, 2.05) is 6.07 Å². The molecule has 0 bridgehead atoms. The molecular formula is C11H15BO4. The number of benzene rings is 1. The first-order valence-corrected chi connectivity index (χ1v) is 5.42. The molecule has 0 aromatic heterocycles. The van der Waals surface area contributed by atoms with Crippen LogP contribution in [0.15, 0.2) is 24.3 Å². The van der Waals surface area contributed by atoms with Crippen molar-refractivity contribution in [2.75, 3.05) is 19.8 Å². The van der Waals surface area contributed by atoms with E-state index >= 15 is 0 Å². The Kier molecular flexibility index (Phi) is 3.82. The highest BCUT2D eigenvalue weighted by atomic mass is 16.5. The van der Waals surface area contributed by atoms with Crippen LogP contribution < -0.4 is 10.2 Å². The van der Waals surface area contributed by atoms with Crippen molar-refractivity contribution < 1.29 is 19.5 Å². The van der Waals surface area contributed by atoms with Crippen LogP contribution in [-0.2, 0) is 4.74 Å². The smallest absolute Gasteiger partial charge is 0.488 e. The quantitative estimate of drug-likeness (QED) is 0.691. The second kappa shape index (κ2) is 5.34.